The lowest BCUT2D eigenvalue weighted by Gasteiger charge is -2.27. The number of carbonyl (C=O) groups is 2. The van der Waals surface area contributed by atoms with E-state index in [1.165, 1.54) is 4.90 Å². The Kier molecular flexibility index (Phi) is 7.18. The molecule has 0 unspecified atom stereocenters. The second-order valence-corrected chi connectivity index (χ2v) is 5.85. The number of benzene rings is 1. The predicted octanol–water partition coefficient (Wildman–Crippen LogP) is 1.33. The Balaban J connectivity index is 0.00000225. The minimum absolute atomic E-state index is 0. The first kappa shape index (κ1) is 19.6. The maximum Gasteiger partial charge on any atom is 0.261 e. The number of rotatable bonds is 5. The molecule has 2 N–H and O–H groups in total. The highest BCUT2D eigenvalue weighted by atomic mass is 127. The van der Waals surface area contributed by atoms with E-state index in [2.05, 4.69) is 4.99 Å². The third-order valence-corrected chi connectivity index (χ3v) is 4.28. The number of unbranched alkanes of at least 4 members (excludes halogenated alkanes) is 1. The van der Waals surface area contributed by atoms with Gasteiger partial charge in [0.1, 0.15) is 0 Å². The molecule has 1 fully saturated rings. The maximum atomic E-state index is 12.2. The lowest BCUT2D eigenvalue weighted by atomic mass is 10.1. The lowest BCUT2D eigenvalue weighted by molar-refractivity contribution is 0.0652. The minimum atomic E-state index is -0.202. The zero-order chi connectivity index (χ0) is 16.9. The van der Waals surface area contributed by atoms with E-state index in [0.29, 0.717) is 49.8 Å². The summed E-state index contributed by atoms with van der Waals surface area (Å²) in [5.74, 6) is 0.137. The number of amides is 2. The summed E-state index contributed by atoms with van der Waals surface area (Å²) in [4.78, 5) is 32.1. The van der Waals surface area contributed by atoms with Gasteiger partial charge in [0, 0.05) is 26.2 Å². The Morgan fingerprint density at radius 3 is 2.28 bits per heavy atom. The Hall–Kier alpha value is -1.68. The number of hydrogen-bond acceptors (Lipinski definition) is 4. The fourth-order valence-electron chi connectivity index (χ4n) is 2.91. The van der Waals surface area contributed by atoms with Crippen LogP contribution in [0.1, 0.15) is 33.6 Å². The molecule has 136 valence electrons. The molecule has 25 heavy (non-hydrogen) atoms. The van der Waals surface area contributed by atoms with Crippen LogP contribution in [-0.4, -0.2) is 67.0 Å². The van der Waals surface area contributed by atoms with Gasteiger partial charge in [0.2, 0.25) is 0 Å². The number of imide groups is 1. The van der Waals surface area contributed by atoms with E-state index in [1.807, 2.05) is 4.90 Å². The number of hydrogen-bond donors (Lipinski definition) is 1. The van der Waals surface area contributed by atoms with Gasteiger partial charge >= 0.3 is 0 Å². The van der Waals surface area contributed by atoms with Crippen molar-refractivity contribution in [3.05, 3.63) is 35.4 Å². The van der Waals surface area contributed by atoms with Crippen LogP contribution < -0.4 is 5.73 Å². The molecule has 0 bridgehead atoms. The van der Waals surface area contributed by atoms with Crippen molar-refractivity contribution < 1.29 is 14.3 Å². The number of aliphatic imine (C=N–C) groups is 1. The molecule has 3 rings (SSSR count). The molecule has 7 nitrogen and oxygen atoms in total. The van der Waals surface area contributed by atoms with Crippen LogP contribution in [-0.2, 0) is 4.74 Å². The molecule has 0 aliphatic carbocycles. The van der Waals surface area contributed by atoms with Crippen LogP contribution in [0.5, 0.6) is 0 Å². The van der Waals surface area contributed by atoms with Gasteiger partial charge in [0.05, 0.1) is 24.3 Å². The highest BCUT2D eigenvalue weighted by molar-refractivity contribution is 14.0. The second-order valence-electron chi connectivity index (χ2n) is 5.85. The Morgan fingerprint density at radius 2 is 1.68 bits per heavy atom. The fraction of sp³-hybridized carbons (Fsp3) is 0.471. The summed E-state index contributed by atoms with van der Waals surface area (Å²) in [6.45, 7) is 3.90. The van der Waals surface area contributed by atoms with Gasteiger partial charge in [0.15, 0.2) is 5.96 Å². The van der Waals surface area contributed by atoms with Gasteiger partial charge in [-0.25, -0.2) is 0 Å². The number of nitrogens with two attached hydrogens (primary N) is 1. The van der Waals surface area contributed by atoms with Crippen molar-refractivity contribution >= 4 is 41.8 Å². The van der Waals surface area contributed by atoms with Crippen LogP contribution in [0.15, 0.2) is 29.3 Å². The largest absolute Gasteiger partial charge is 0.378 e. The molecule has 0 radical (unpaired) electrons. The lowest BCUT2D eigenvalue weighted by Crippen LogP contribution is -2.44. The Labute approximate surface area is 164 Å². The highest BCUT2D eigenvalue weighted by Crippen LogP contribution is 2.22. The fourth-order valence-corrected chi connectivity index (χ4v) is 2.91. The van der Waals surface area contributed by atoms with Crippen molar-refractivity contribution in [3.63, 3.8) is 0 Å². The van der Waals surface area contributed by atoms with Gasteiger partial charge in [-0.2, -0.15) is 0 Å². The molecule has 0 atom stereocenters. The molecule has 2 amide bonds. The predicted molar refractivity (Wildman–Crippen MR) is 105 cm³/mol. The third-order valence-electron chi connectivity index (χ3n) is 4.28. The molecule has 2 heterocycles. The van der Waals surface area contributed by atoms with Crippen molar-refractivity contribution in [3.8, 4) is 0 Å². The van der Waals surface area contributed by atoms with Crippen LogP contribution >= 0.6 is 24.0 Å². The highest BCUT2D eigenvalue weighted by Gasteiger charge is 2.34. The van der Waals surface area contributed by atoms with E-state index in [-0.39, 0.29) is 35.8 Å². The molecule has 0 aromatic heterocycles. The summed E-state index contributed by atoms with van der Waals surface area (Å²) in [7, 11) is 0. The topological polar surface area (TPSA) is 88.2 Å². The van der Waals surface area contributed by atoms with E-state index in [4.69, 9.17) is 10.5 Å². The molecular weight excluding hydrogens is 435 g/mol. The van der Waals surface area contributed by atoms with Gasteiger partial charge in [-0.3, -0.25) is 19.5 Å². The van der Waals surface area contributed by atoms with E-state index in [9.17, 15) is 9.59 Å². The van der Waals surface area contributed by atoms with Crippen LogP contribution in [0.3, 0.4) is 0 Å². The molecule has 1 aromatic carbocycles. The van der Waals surface area contributed by atoms with Gasteiger partial charge in [-0.15, -0.1) is 24.0 Å². The van der Waals surface area contributed by atoms with E-state index < -0.39 is 0 Å². The number of ether oxygens (including phenoxy) is 1. The molecule has 1 saturated heterocycles. The summed E-state index contributed by atoms with van der Waals surface area (Å²) in [6, 6.07) is 6.94. The first-order valence-corrected chi connectivity index (χ1v) is 8.26. The van der Waals surface area contributed by atoms with Crippen molar-refractivity contribution in [1.29, 1.82) is 0 Å². The smallest absolute Gasteiger partial charge is 0.261 e. The summed E-state index contributed by atoms with van der Waals surface area (Å²) >= 11 is 0. The molecule has 8 heteroatoms. The van der Waals surface area contributed by atoms with E-state index >= 15 is 0 Å². The average Bonchev–Trinajstić information content (AvgIpc) is 2.87. The SMILES string of the molecule is I.NC(=NCCCCN1C(=O)c2ccccc2C1=O)N1CCOCC1. The number of fused-ring (bicyclic) bond motifs is 1. The standard InChI is InChI=1S/C17H22N4O3.HI/c18-17(20-9-11-24-12-10-20)19-7-3-4-8-21-15(22)13-5-1-2-6-14(13)16(21)23;/h1-2,5-6H,3-4,7-12H2,(H2,18,19);1H. The monoisotopic (exact) mass is 458 g/mol. The first-order chi connectivity index (χ1) is 11.7. The van der Waals surface area contributed by atoms with Crippen molar-refractivity contribution in [2.24, 2.45) is 10.7 Å². The second kappa shape index (κ2) is 9.14. The maximum absolute atomic E-state index is 12.2. The molecule has 2 aliphatic rings. The molecule has 1 aromatic rings. The molecular formula is C17H23IN4O3. The molecule has 0 spiro atoms. The van der Waals surface area contributed by atoms with Gasteiger partial charge < -0.3 is 15.4 Å². The number of morpholine rings is 1. The van der Waals surface area contributed by atoms with Gasteiger partial charge in [0.25, 0.3) is 11.8 Å². The molecule has 0 saturated carbocycles. The van der Waals surface area contributed by atoms with Gasteiger partial charge in [-0.1, -0.05) is 12.1 Å². The quantitative estimate of drug-likeness (QED) is 0.237. The van der Waals surface area contributed by atoms with E-state index in [0.717, 1.165) is 19.5 Å². The first-order valence-electron chi connectivity index (χ1n) is 8.26. The summed E-state index contributed by atoms with van der Waals surface area (Å²) in [6.07, 6.45) is 1.49. The Bertz CT molecular complexity index is 624. The van der Waals surface area contributed by atoms with Crippen LogP contribution in [0, 0.1) is 0 Å². The number of nitrogens with zero attached hydrogens (tertiary/aromatic N) is 3. The van der Waals surface area contributed by atoms with Crippen molar-refractivity contribution in [2.45, 2.75) is 12.8 Å². The zero-order valence-corrected chi connectivity index (χ0v) is 16.3. The zero-order valence-electron chi connectivity index (χ0n) is 14.0. The third kappa shape index (κ3) is 4.49. The number of carbonyl (C=O) groups excluding carboxylic acids is 2. The van der Waals surface area contributed by atoms with Gasteiger partial charge in [-0.05, 0) is 25.0 Å². The number of halogens is 1. The summed E-state index contributed by atoms with van der Waals surface area (Å²) in [5.41, 5.74) is 6.95. The normalized spacial score (nSPS) is 17.5. The van der Waals surface area contributed by atoms with Crippen molar-refractivity contribution in [2.75, 3.05) is 39.4 Å². The summed E-state index contributed by atoms with van der Waals surface area (Å²) < 4.78 is 5.28. The number of guanidine groups is 1. The van der Waals surface area contributed by atoms with Crippen LogP contribution in [0.2, 0.25) is 0 Å². The van der Waals surface area contributed by atoms with Crippen LogP contribution in [0.25, 0.3) is 0 Å². The van der Waals surface area contributed by atoms with E-state index in [1.54, 1.807) is 24.3 Å². The molecule has 2 aliphatic heterocycles. The van der Waals surface area contributed by atoms with Crippen LogP contribution in [0.4, 0.5) is 0 Å². The van der Waals surface area contributed by atoms with Crippen molar-refractivity contribution in [1.82, 2.24) is 9.80 Å². The summed E-state index contributed by atoms with van der Waals surface area (Å²) in [5, 5.41) is 0. The average molecular weight is 458 g/mol. The minimum Gasteiger partial charge on any atom is -0.378 e. The Morgan fingerprint density at radius 1 is 1.08 bits per heavy atom.